The monoisotopic (exact) mass is 213 g/mol. The summed E-state index contributed by atoms with van der Waals surface area (Å²) < 4.78 is 0. The Morgan fingerprint density at radius 2 is 2.29 bits per heavy atom. The van der Waals surface area contributed by atoms with E-state index in [2.05, 4.69) is 6.92 Å². The van der Waals surface area contributed by atoms with Gasteiger partial charge in [0.15, 0.2) is 0 Å². The van der Waals surface area contributed by atoms with Crippen LogP contribution >= 0.6 is 11.3 Å². The Labute approximate surface area is 88.3 Å². The number of nitrogens with zero attached hydrogens (tertiary/aromatic N) is 1. The molecule has 3 nitrogen and oxygen atoms in total. The molecule has 14 heavy (non-hydrogen) atoms. The van der Waals surface area contributed by atoms with E-state index in [9.17, 15) is 4.79 Å². The van der Waals surface area contributed by atoms with Crippen molar-refractivity contribution in [3.05, 3.63) is 21.4 Å². The highest BCUT2D eigenvalue weighted by Gasteiger charge is 2.15. The van der Waals surface area contributed by atoms with Crippen molar-refractivity contribution in [2.75, 3.05) is 14.2 Å². The summed E-state index contributed by atoms with van der Waals surface area (Å²) >= 11 is 1.52. The highest BCUT2D eigenvalue weighted by molar-refractivity contribution is 7.14. The van der Waals surface area contributed by atoms with Crippen LogP contribution in [0.25, 0.3) is 0 Å². The lowest BCUT2D eigenvalue weighted by Gasteiger charge is -2.11. The van der Waals surface area contributed by atoms with Gasteiger partial charge in [0.25, 0.3) is 5.91 Å². The Morgan fingerprint density at radius 1 is 1.64 bits per heavy atom. The van der Waals surface area contributed by atoms with Gasteiger partial charge in [-0.25, -0.2) is 5.06 Å². The summed E-state index contributed by atoms with van der Waals surface area (Å²) in [6, 6.07) is 1.94. The molecular formula is C10H15NO2S. The predicted molar refractivity (Wildman–Crippen MR) is 57.5 cm³/mol. The Bertz CT molecular complexity index is 333. The second-order valence-electron chi connectivity index (χ2n) is 3.03. The van der Waals surface area contributed by atoms with Gasteiger partial charge in [-0.1, -0.05) is 6.92 Å². The van der Waals surface area contributed by atoms with E-state index in [4.69, 9.17) is 4.84 Å². The van der Waals surface area contributed by atoms with Crippen molar-refractivity contribution in [2.45, 2.75) is 20.3 Å². The maximum absolute atomic E-state index is 11.7. The molecule has 0 bridgehead atoms. The molecular weight excluding hydrogens is 198 g/mol. The number of hydroxylamine groups is 2. The molecule has 1 amide bonds. The van der Waals surface area contributed by atoms with E-state index in [1.807, 2.05) is 13.0 Å². The molecule has 0 radical (unpaired) electrons. The fourth-order valence-electron chi connectivity index (χ4n) is 1.21. The van der Waals surface area contributed by atoms with E-state index in [1.54, 1.807) is 7.05 Å². The Morgan fingerprint density at radius 3 is 2.71 bits per heavy atom. The van der Waals surface area contributed by atoms with Crippen LogP contribution < -0.4 is 0 Å². The van der Waals surface area contributed by atoms with Gasteiger partial charge in [0, 0.05) is 11.9 Å². The summed E-state index contributed by atoms with van der Waals surface area (Å²) in [6.07, 6.45) is 0.965. The first-order valence-electron chi connectivity index (χ1n) is 4.51. The van der Waals surface area contributed by atoms with Crippen LogP contribution in [0.4, 0.5) is 0 Å². The fraction of sp³-hybridized carbons (Fsp3) is 0.500. The smallest absolute Gasteiger partial charge is 0.274 e. The number of aryl methyl sites for hydroxylation is 2. The Hall–Kier alpha value is -0.870. The van der Waals surface area contributed by atoms with Crippen molar-refractivity contribution in [3.63, 3.8) is 0 Å². The third-order valence-corrected chi connectivity index (χ3v) is 3.25. The average Bonchev–Trinajstić information content (AvgIpc) is 2.57. The number of hydrogen-bond acceptors (Lipinski definition) is 3. The van der Waals surface area contributed by atoms with Gasteiger partial charge < -0.3 is 0 Å². The molecule has 0 aliphatic carbocycles. The lowest BCUT2D eigenvalue weighted by molar-refractivity contribution is -0.0753. The minimum atomic E-state index is -0.0831. The molecule has 0 saturated heterocycles. The molecule has 1 aromatic rings. The predicted octanol–water partition coefficient (Wildman–Crippen LogP) is 2.25. The van der Waals surface area contributed by atoms with Gasteiger partial charge in [-0.2, -0.15) is 0 Å². The zero-order valence-corrected chi connectivity index (χ0v) is 9.77. The average molecular weight is 213 g/mol. The van der Waals surface area contributed by atoms with Crippen molar-refractivity contribution in [1.29, 1.82) is 0 Å². The second kappa shape index (κ2) is 4.57. The molecule has 1 heterocycles. The van der Waals surface area contributed by atoms with Gasteiger partial charge in [0.05, 0.1) is 12.0 Å². The molecule has 0 atom stereocenters. The van der Waals surface area contributed by atoms with Crippen molar-refractivity contribution in [3.8, 4) is 0 Å². The van der Waals surface area contributed by atoms with Crippen LogP contribution in [0, 0.1) is 6.92 Å². The van der Waals surface area contributed by atoms with Crippen molar-refractivity contribution in [1.82, 2.24) is 5.06 Å². The third kappa shape index (κ3) is 2.13. The first kappa shape index (κ1) is 11.2. The van der Waals surface area contributed by atoms with Gasteiger partial charge in [-0.15, -0.1) is 11.3 Å². The van der Waals surface area contributed by atoms with Gasteiger partial charge in [0.1, 0.15) is 0 Å². The summed E-state index contributed by atoms with van der Waals surface area (Å²) in [6.45, 7) is 4.12. The summed E-state index contributed by atoms with van der Waals surface area (Å²) in [5.41, 5.74) is 1.24. The maximum atomic E-state index is 11.7. The van der Waals surface area contributed by atoms with Crippen LogP contribution in [0.3, 0.4) is 0 Å². The van der Waals surface area contributed by atoms with E-state index in [1.165, 1.54) is 34.0 Å². The number of carbonyl (C=O) groups excluding carboxylic acids is 1. The molecule has 0 saturated carbocycles. The summed E-state index contributed by atoms with van der Waals surface area (Å²) in [4.78, 5) is 18.5. The first-order valence-corrected chi connectivity index (χ1v) is 5.33. The minimum absolute atomic E-state index is 0.0831. The van der Waals surface area contributed by atoms with E-state index < -0.39 is 0 Å². The summed E-state index contributed by atoms with van der Waals surface area (Å²) in [5, 5.41) is 1.24. The lowest BCUT2D eigenvalue weighted by atomic mass is 10.2. The molecule has 1 aromatic heterocycles. The van der Waals surface area contributed by atoms with Crippen LogP contribution in [0.15, 0.2) is 6.07 Å². The normalized spacial score (nSPS) is 10.3. The first-order chi connectivity index (χ1) is 6.60. The van der Waals surface area contributed by atoms with Gasteiger partial charge in [-0.05, 0) is 25.0 Å². The van der Waals surface area contributed by atoms with Crippen LogP contribution in [0.2, 0.25) is 0 Å². The summed E-state index contributed by atoms with van der Waals surface area (Å²) in [5.74, 6) is -0.0831. The number of rotatable bonds is 3. The zero-order chi connectivity index (χ0) is 10.7. The van der Waals surface area contributed by atoms with Crippen LogP contribution in [-0.4, -0.2) is 25.1 Å². The Kier molecular flexibility index (Phi) is 3.66. The molecule has 1 rings (SSSR count). The van der Waals surface area contributed by atoms with Gasteiger partial charge in [0.2, 0.25) is 0 Å². The van der Waals surface area contributed by atoms with E-state index in [0.29, 0.717) is 0 Å². The van der Waals surface area contributed by atoms with Crippen LogP contribution in [-0.2, 0) is 11.3 Å². The molecule has 0 fully saturated rings. The van der Waals surface area contributed by atoms with Gasteiger partial charge >= 0.3 is 0 Å². The molecule has 0 N–H and O–H groups in total. The van der Waals surface area contributed by atoms with E-state index >= 15 is 0 Å². The topological polar surface area (TPSA) is 29.5 Å². The molecule has 0 spiro atoms. The van der Waals surface area contributed by atoms with Crippen LogP contribution in [0.5, 0.6) is 0 Å². The molecule has 0 unspecified atom stereocenters. The van der Waals surface area contributed by atoms with Gasteiger partial charge in [-0.3, -0.25) is 9.63 Å². The van der Waals surface area contributed by atoms with Crippen molar-refractivity contribution >= 4 is 17.2 Å². The molecule has 0 aromatic carbocycles. The minimum Gasteiger partial charge on any atom is -0.274 e. The molecule has 0 aliphatic heterocycles. The van der Waals surface area contributed by atoms with Crippen molar-refractivity contribution in [2.24, 2.45) is 0 Å². The second-order valence-corrected chi connectivity index (χ2v) is 4.29. The number of carbonyl (C=O) groups is 1. The molecule has 78 valence electrons. The largest absolute Gasteiger partial charge is 0.287 e. The van der Waals surface area contributed by atoms with E-state index in [0.717, 1.165) is 11.3 Å². The fourth-order valence-corrected chi connectivity index (χ4v) is 2.30. The highest BCUT2D eigenvalue weighted by Crippen LogP contribution is 2.22. The third-order valence-electron chi connectivity index (χ3n) is 2.17. The Balaban J connectivity index is 2.91. The number of hydrogen-bond donors (Lipinski definition) is 0. The van der Waals surface area contributed by atoms with Crippen LogP contribution in [0.1, 0.15) is 27.0 Å². The summed E-state index contributed by atoms with van der Waals surface area (Å²) in [7, 11) is 3.10. The quantitative estimate of drug-likeness (QED) is 0.721. The maximum Gasteiger partial charge on any atom is 0.287 e. The van der Waals surface area contributed by atoms with E-state index in [-0.39, 0.29) is 5.91 Å². The lowest BCUT2D eigenvalue weighted by Crippen LogP contribution is -2.24. The SMILES string of the molecule is CCc1cc(C(=O)N(C)OC)sc1C. The zero-order valence-electron chi connectivity index (χ0n) is 8.96. The number of thiophene rings is 1. The number of amides is 1. The molecule has 0 aliphatic rings. The van der Waals surface area contributed by atoms with Crippen molar-refractivity contribution < 1.29 is 9.63 Å². The molecule has 4 heteroatoms. The highest BCUT2D eigenvalue weighted by atomic mass is 32.1. The standard InChI is InChI=1S/C10H15NO2S/c1-5-8-6-9(14-7(8)2)10(12)11(3)13-4/h6H,5H2,1-4H3.